The van der Waals surface area contributed by atoms with Crippen molar-refractivity contribution in [1.82, 2.24) is 15.3 Å². The fourth-order valence-corrected chi connectivity index (χ4v) is 2.45. The topological polar surface area (TPSA) is 107 Å². The summed E-state index contributed by atoms with van der Waals surface area (Å²) in [4.78, 5) is 30.3. The number of hydrogen-bond donors (Lipinski definition) is 4. The van der Waals surface area contributed by atoms with Gasteiger partial charge < -0.3 is 20.7 Å². The van der Waals surface area contributed by atoms with Gasteiger partial charge in [-0.15, -0.1) is 0 Å². The van der Waals surface area contributed by atoms with E-state index >= 15 is 0 Å². The molecule has 0 bridgehead atoms. The van der Waals surface area contributed by atoms with E-state index in [1.165, 1.54) is 13.2 Å². The third kappa shape index (κ3) is 3.50. The standard InChI is InChI=1S/C18H16N4O3/c1-19-18(25)22-13-8-14-12(9-20-16(14)21-10-13)7-15(17(23)24)11-5-3-2-4-6-11/h2-10H,1H3,(H,20,21)(H,23,24)(H2,19,22,25)/b15-7+. The number of fused-ring (bicyclic) bond motifs is 1. The zero-order valence-corrected chi connectivity index (χ0v) is 13.4. The highest BCUT2D eigenvalue weighted by Gasteiger charge is 2.12. The minimum atomic E-state index is -1.02. The molecule has 0 saturated carbocycles. The van der Waals surface area contributed by atoms with E-state index in [9.17, 15) is 14.7 Å². The molecule has 0 aliphatic carbocycles. The van der Waals surface area contributed by atoms with E-state index in [0.29, 0.717) is 27.8 Å². The minimum Gasteiger partial charge on any atom is -0.478 e. The largest absolute Gasteiger partial charge is 0.478 e. The summed E-state index contributed by atoms with van der Waals surface area (Å²) in [5.74, 6) is -1.02. The molecule has 0 atom stereocenters. The quantitative estimate of drug-likeness (QED) is 0.549. The van der Waals surface area contributed by atoms with Gasteiger partial charge in [-0.05, 0) is 17.7 Å². The van der Waals surface area contributed by atoms with E-state index in [0.717, 1.165) is 0 Å². The Hall–Kier alpha value is -3.61. The molecule has 0 unspecified atom stereocenters. The van der Waals surface area contributed by atoms with Crippen LogP contribution in [0.5, 0.6) is 0 Å². The number of aromatic nitrogens is 2. The number of carboxylic acids is 1. The summed E-state index contributed by atoms with van der Waals surface area (Å²) in [7, 11) is 1.52. The Bertz CT molecular complexity index is 961. The lowest BCUT2D eigenvalue weighted by Gasteiger charge is -2.05. The summed E-state index contributed by atoms with van der Waals surface area (Å²) in [5, 5.41) is 15.4. The molecule has 4 N–H and O–H groups in total. The second-order valence-electron chi connectivity index (χ2n) is 5.30. The van der Waals surface area contributed by atoms with Gasteiger partial charge in [0.2, 0.25) is 0 Å². The van der Waals surface area contributed by atoms with Crippen LogP contribution in [0.1, 0.15) is 11.1 Å². The molecule has 2 amide bonds. The number of nitrogens with zero attached hydrogens (tertiary/aromatic N) is 1. The Morgan fingerprint density at radius 2 is 2.00 bits per heavy atom. The van der Waals surface area contributed by atoms with Gasteiger partial charge in [-0.1, -0.05) is 30.3 Å². The summed E-state index contributed by atoms with van der Waals surface area (Å²) in [6.45, 7) is 0. The number of benzene rings is 1. The predicted molar refractivity (Wildman–Crippen MR) is 96.1 cm³/mol. The molecule has 0 aliphatic heterocycles. The van der Waals surface area contributed by atoms with Crippen LogP contribution in [0, 0.1) is 0 Å². The average molecular weight is 336 g/mol. The summed E-state index contributed by atoms with van der Waals surface area (Å²) in [6.07, 6.45) is 4.80. The molecule has 0 spiro atoms. The molecule has 7 heteroatoms. The van der Waals surface area contributed by atoms with Crippen molar-refractivity contribution in [2.24, 2.45) is 0 Å². The maximum absolute atomic E-state index is 11.7. The molecule has 3 rings (SSSR count). The highest BCUT2D eigenvalue weighted by Crippen LogP contribution is 2.25. The molecule has 0 fully saturated rings. The van der Waals surface area contributed by atoms with Crippen molar-refractivity contribution in [2.75, 3.05) is 12.4 Å². The Morgan fingerprint density at radius 1 is 1.24 bits per heavy atom. The number of urea groups is 1. The second-order valence-corrected chi connectivity index (χ2v) is 5.30. The zero-order valence-electron chi connectivity index (χ0n) is 13.4. The van der Waals surface area contributed by atoms with E-state index in [4.69, 9.17) is 0 Å². The van der Waals surface area contributed by atoms with Crippen LogP contribution in [0.4, 0.5) is 10.5 Å². The number of carbonyl (C=O) groups excluding carboxylic acids is 1. The summed E-state index contributed by atoms with van der Waals surface area (Å²) < 4.78 is 0. The number of anilines is 1. The monoisotopic (exact) mass is 336 g/mol. The first-order valence-electron chi connectivity index (χ1n) is 7.55. The normalized spacial score (nSPS) is 11.3. The SMILES string of the molecule is CNC(=O)Nc1cnc2[nH]cc(/C=C(/C(=O)O)c3ccccc3)c2c1. The maximum Gasteiger partial charge on any atom is 0.336 e. The van der Waals surface area contributed by atoms with Crippen LogP contribution < -0.4 is 10.6 Å². The molecule has 3 aromatic rings. The highest BCUT2D eigenvalue weighted by atomic mass is 16.4. The molecule has 2 heterocycles. The van der Waals surface area contributed by atoms with Crippen LogP contribution in [0.15, 0.2) is 48.8 Å². The van der Waals surface area contributed by atoms with Crippen molar-refractivity contribution in [3.63, 3.8) is 0 Å². The first-order chi connectivity index (χ1) is 12.1. The highest BCUT2D eigenvalue weighted by molar-refractivity contribution is 6.21. The lowest BCUT2D eigenvalue weighted by atomic mass is 10.0. The molecule has 7 nitrogen and oxygen atoms in total. The van der Waals surface area contributed by atoms with Gasteiger partial charge in [0.1, 0.15) is 5.65 Å². The van der Waals surface area contributed by atoms with E-state index in [1.807, 2.05) is 6.07 Å². The maximum atomic E-state index is 11.7. The van der Waals surface area contributed by atoms with Crippen molar-refractivity contribution in [3.05, 3.63) is 59.9 Å². The summed E-state index contributed by atoms with van der Waals surface area (Å²) in [5.41, 5.74) is 2.57. The van der Waals surface area contributed by atoms with Gasteiger partial charge >= 0.3 is 12.0 Å². The number of pyridine rings is 1. The van der Waals surface area contributed by atoms with Gasteiger partial charge in [-0.25, -0.2) is 14.6 Å². The van der Waals surface area contributed by atoms with Crippen LogP contribution in [0.25, 0.3) is 22.7 Å². The number of amides is 2. The smallest absolute Gasteiger partial charge is 0.336 e. The average Bonchev–Trinajstić information content (AvgIpc) is 3.02. The lowest BCUT2D eigenvalue weighted by molar-refractivity contribution is -0.130. The van der Waals surface area contributed by atoms with E-state index < -0.39 is 5.97 Å². The molecule has 0 radical (unpaired) electrons. The zero-order chi connectivity index (χ0) is 17.8. The third-order valence-corrected chi connectivity index (χ3v) is 3.66. The van der Waals surface area contributed by atoms with E-state index in [-0.39, 0.29) is 11.6 Å². The number of H-pyrrole nitrogens is 1. The summed E-state index contributed by atoms with van der Waals surface area (Å²) >= 11 is 0. The van der Waals surface area contributed by atoms with E-state index in [2.05, 4.69) is 20.6 Å². The molecular formula is C18H16N4O3. The van der Waals surface area contributed by atoms with E-state index in [1.54, 1.807) is 42.6 Å². The van der Waals surface area contributed by atoms with Crippen molar-refractivity contribution in [1.29, 1.82) is 0 Å². The number of nitrogens with one attached hydrogen (secondary N) is 3. The Labute approximate surface area is 143 Å². The second kappa shape index (κ2) is 6.88. The van der Waals surface area contributed by atoms with Gasteiger partial charge in [0.15, 0.2) is 0 Å². The number of hydrogen-bond acceptors (Lipinski definition) is 3. The van der Waals surface area contributed by atoms with Crippen molar-refractivity contribution in [3.8, 4) is 0 Å². The third-order valence-electron chi connectivity index (χ3n) is 3.66. The number of carboxylic acid groups (broad SMARTS) is 1. The Kier molecular flexibility index (Phi) is 4.47. The van der Waals surface area contributed by atoms with Gasteiger partial charge in [0.25, 0.3) is 0 Å². The molecule has 0 aliphatic rings. The van der Waals surface area contributed by atoms with Crippen molar-refractivity contribution in [2.45, 2.75) is 0 Å². The van der Waals surface area contributed by atoms with Crippen molar-refractivity contribution >= 4 is 40.4 Å². The molecule has 25 heavy (non-hydrogen) atoms. The van der Waals surface area contributed by atoms with Crippen LogP contribution in [0.3, 0.4) is 0 Å². The molecule has 2 aromatic heterocycles. The van der Waals surface area contributed by atoms with Crippen LogP contribution in [-0.4, -0.2) is 34.1 Å². The fourth-order valence-electron chi connectivity index (χ4n) is 2.45. The summed E-state index contributed by atoms with van der Waals surface area (Å²) in [6, 6.07) is 10.3. The van der Waals surface area contributed by atoms with Crippen LogP contribution >= 0.6 is 0 Å². The molecule has 1 aromatic carbocycles. The first kappa shape index (κ1) is 16.3. The number of carbonyl (C=O) groups is 2. The van der Waals surface area contributed by atoms with Crippen LogP contribution in [0.2, 0.25) is 0 Å². The van der Waals surface area contributed by atoms with Crippen LogP contribution in [-0.2, 0) is 4.79 Å². The molecular weight excluding hydrogens is 320 g/mol. The number of aliphatic carboxylic acids is 1. The number of aromatic amines is 1. The minimum absolute atomic E-state index is 0.172. The van der Waals surface area contributed by atoms with Crippen molar-refractivity contribution < 1.29 is 14.7 Å². The van der Waals surface area contributed by atoms with Gasteiger partial charge in [-0.2, -0.15) is 0 Å². The predicted octanol–water partition coefficient (Wildman–Crippen LogP) is 2.94. The fraction of sp³-hybridized carbons (Fsp3) is 0.0556. The van der Waals surface area contributed by atoms with Gasteiger partial charge in [0.05, 0.1) is 17.5 Å². The number of rotatable bonds is 4. The Morgan fingerprint density at radius 3 is 2.68 bits per heavy atom. The van der Waals surface area contributed by atoms with Gasteiger partial charge in [-0.3, -0.25) is 0 Å². The van der Waals surface area contributed by atoms with Gasteiger partial charge in [0, 0.05) is 24.2 Å². The molecule has 126 valence electrons. The first-order valence-corrected chi connectivity index (χ1v) is 7.55. The molecule has 0 saturated heterocycles. The lowest BCUT2D eigenvalue weighted by Crippen LogP contribution is -2.24. The Balaban J connectivity index is 2.06.